The minimum atomic E-state index is -0.813. The Morgan fingerprint density at radius 3 is 2.90 bits per heavy atom. The molecule has 1 aliphatic rings. The number of hydrogen-bond donors (Lipinski definition) is 2. The standard InChI is InChI=1S/C13H16F2N2O2.ClH/c14-9-3-4-12(11(15)6-9)19-8-13(18)17-10-2-1-5-16-7-10;/h3-4,6,10,16H,1-2,5,7-8H2,(H,17,18);1H. The van der Waals surface area contributed by atoms with Crippen molar-refractivity contribution in [1.82, 2.24) is 10.6 Å². The molecule has 1 aliphatic heterocycles. The zero-order valence-corrected chi connectivity index (χ0v) is 11.6. The van der Waals surface area contributed by atoms with Crippen LogP contribution in [-0.2, 0) is 4.79 Å². The lowest BCUT2D eigenvalue weighted by Crippen LogP contribution is -2.47. The van der Waals surface area contributed by atoms with E-state index in [9.17, 15) is 13.6 Å². The van der Waals surface area contributed by atoms with Crippen molar-refractivity contribution in [3.05, 3.63) is 29.8 Å². The Kier molecular flexibility index (Phi) is 6.67. The fourth-order valence-corrected chi connectivity index (χ4v) is 1.98. The van der Waals surface area contributed by atoms with Crippen molar-refractivity contribution in [1.29, 1.82) is 0 Å². The average Bonchev–Trinajstić information content (AvgIpc) is 2.39. The van der Waals surface area contributed by atoms with E-state index in [0.29, 0.717) is 0 Å². The molecule has 0 saturated carbocycles. The van der Waals surface area contributed by atoms with Gasteiger partial charge in [-0.2, -0.15) is 0 Å². The number of carbonyl (C=O) groups is 1. The minimum absolute atomic E-state index is 0. The SMILES string of the molecule is Cl.O=C(COc1ccc(F)cc1F)NC1CCCNC1. The topological polar surface area (TPSA) is 50.4 Å². The molecule has 1 aromatic rings. The second-order valence-corrected chi connectivity index (χ2v) is 4.47. The summed E-state index contributed by atoms with van der Waals surface area (Å²) in [5, 5.41) is 5.97. The number of rotatable bonds is 4. The Bertz CT molecular complexity index is 454. The molecule has 2 rings (SSSR count). The Balaban J connectivity index is 0.00000200. The van der Waals surface area contributed by atoms with E-state index in [0.717, 1.165) is 38.1 Å². The highest BCUT2D eigenvalue weighted by atomic mass is 35.5. The lowest BCUT2D eigenvalue weighted by Gasteiger charge is -2.23. The molecule has 1 amide bonds. The number of ether oxygens (including phenoxy) is 1. The predicted molar refractivity (Wildman–Crippen MR) is 73.1 cm³/mol. The molecular weight excluding hydrogens is 290 g/mol. The second-order valence-electron chi connectivity index (χ2n) is 4.47. The molecule has 20 heavy (non-hydrogen) atoms. The Morgan fingerprint density at radius 1 is 1.45 bits per heavy atom. The normalized spacial score (nSPS) is 18.0. The molecule has 7 heteroatoms. The summed E-state index contributed by atoms with van der Waals surface area (Å²) in [4.78, 5) is 11.6. The van der Waals surface area contributed by atoms with Gasteiger partial charge in [-0.05, 0) is 31.5 Å². The zero-order chi connectivity index (χ0) is 13.7. The van der Waals surface area contributed by atoms with Gasteiger partial charge in [-0.15, -0.1) is 12.4 Å². The lowest BCUT2D eigenvalue weighted by molar-refractivity contribution is -0.123. The van der Waals surface area contributed by atoms with Crippen molar-refractivity contribution >= 4 is 18.3 Å². The highest BCUT2D eigenvalue weighted by molar-refractivity contribution is 5.85. The highest BCUT2D eigenvalue weighted by Gasteiger charge is 2.16. The van der Waals surface area contributed by atoms with Gasteiger partial charge in [-0.25, -0.2) is 8.78 Å². The van der Waals surface area contributed by atoms with Gasteiger partial charge in [-0.3, -0.25) is 4.79 Å². The molecule has 1 heterocycles. The van der Waals surface area contributed by atoms with E-state index in [4.69, 9.17) is 4.74 Å². The number of hydrogen-bond acceptors (Lipinski definition) is 3. The van der Waals surface area contributed by atoms with E-state index in [-0.39, 0.29) is 36.7 Å². The lowest BCUT2D eigenvalue weighted by atomic mass is 10.1. The van der Waals surface area contributed by atoms with Gasteiger partial charge in [-0.1, -0.05) is 0 Å². The molecule has 1 saturated heterocycles. The van der Waals surface area contributed by atoms with Crippen LogP contribution in [0.1, 0.15) is 12.8 Å². The maximum atomic E-state index is 13.3. The van der Waals surface area contributed by atoms with Crippen LogP contribution in [0.2, 0.25) is 0 Å². The van der Waals surface area contributed by atoms with E-state index in [1.807, 2.05) is 0 Å². The molecule has 0 aliphatic carbocycles. The summed E-state index contributed by atoms with van der Waals surface area (Å²) in [5.41, 5.74) is 0. The summed E-state index contributed by atoms with van der Waals surface area (Å²) in [7, 11) is 0. The summed E-state index contributed by atoms with van der Waals surface area (Å²) < 4.78 is 30.9. The van der Waals surface area contributed by atoms with E-state index in [2.05, 4.69) is 10.6 Å². The Labute approximate surface area is 122 Å². The first-order valence-electron chi connectivity index (χ1n) is 6.23. The fourth-order valence-electron chi connectivity index (χ4n) is 1.98. The maximum Gasteiger partial charge on any atom is 0.258 e. The van der Waals surface area contributed by atoms with Gasteiger partial charge in [0, 0.05) is 18.7 Å². The van der Waals surface area contributed by atoms with Crippen molar-refractivity contribution in [2.75, 3.05) is 19.7 Å². The summed E-state index contributed by atoms with van der Waals surface area (Å²) in [5.74, 6) is -1.93. The summed E-state index contributed by atoms with van der Waals surface area (Å²) in [6.07, 6.45) is 1.93. The van der Waals surface area contributed by atoms with Crippen LogP contribution in [0.15, 0.2) is 18.2 Å². The highest BCUT2D eigenvalue weighted by Crippen LogP contribution is 2.17. The van der Waals surface area contributed by atoms with Crippen LogP contribution < -0.4 is 15.4 Å². The van der Waals surface area contributed by atoms with Crippen molar-refractivity contribution in [3.63, 3.8) is 0 Å². The summed E-state index contributed by atoms with van der Waals surface area (Å²) in [6.45, 7) is 1.42. The maximum absolute atomic E-state index is 13.3. The number of halogens is 3. The molecule has 1 fully saturated rings. The number of carbonyl (C=O) groups excluding carboxylic acids is 1. The molecule has 1 unspecified atom stereocenters. The first-order valence-corrected chi connectivity index (χ1v) is 6.23. The van der Waals surface area contributed by atoms with Crippen molar-refractivity contribution in [2.24, 2.45) is 0 Å². The van der Waals surface area contributed by atoms with Crippen molar-refractivity contribution < 1.29 is 18.3 Å². The summed E-state index contributed by atoms with van der Waals surface area (Å²) in [6, 6.07) is 3.06. The molecule has 0 radical (unpaired) electrons. The third-order valence-electron chi connectivity index (χ3n) is 2.91. The monoisotopic (exact) mass is 306 g/mol. The first kappa shape index (κ1) is 16.7. The van der Waals surface area contributed by atoms with E-state index in [1.165, 1.54) is 6.07 Å². The van der Waals surface area contributed by atoms with Crippen LogP contribution in [0.5, 0.6) is 5.75 Å². The third kappa shape index (κ3) is 4.94. The molecule has 1 atom stereocenters. The second kappa shape index (κ2) is 8.01. The quantitative estimate of drug-likeness (QED) is 0.889. The Hall–Kier alpha value is -1.40. The average molecular weight is 307 g/mol. The van der Waals surface area contributed by atoms with Crippen LogP contribution >= 0.6 is 12.4 Å². The molecule has 2 N–H and O–H groups in total. The van der Waals surface area contributed by atoms with Gasteiger partial charge in [0.15, 0.2) is 18.2 Å². The first-order chi connectivity index (χ1) is 9.15. The minimum Gasteiger partial charge on any atom is -0.481 e. The third-order valence-corrected chi connectivity index (χ3v) is 2.91. The van der Waals surface area contributed by atoms with Gasteiger partial charge < -0.3 is 15.4 Å². The van der Waals surface area contributed by atoms with Gasteiger partial charge in [0.1, 0.15) is 5.82 Å². The molecule has 0 aromatic heterocycles. The van der Waals surface area contributed by atoms with Crippen LogP contribution in [-0.4, -0.2) is 31.6 Å². The van der Waals surface area contributed by atoms with Crippen LogP contribution in [0.3, 0.4) is 0 Å². The van der Waals surface area contributed by atoms with E-state index in [1.54, 1.807) is 0 Å². The number of benzene rings is 1. The molecule has 112 valence electrons. The fraction of sp³-hybridized carbons (Fsp3) is 0.462. The largest absolute Gasteiger partial charge is 0.481 e. The van der Waals surface area contributed by atoms with Crippen LogP contribution in [0.4, 0.5) is 8.78 Å². The Morgan fingerprint density at radius 2 is 2.25 bits per heavy atom. The van der Waals surface area contributed by atoms with Gasteiger partial charge in [0.25, 0.3) is 5.91 Å². The molecule has 1 aromatic carbocycles. The molecule has 0 spiro atoms. The summed E-state index contributed by atoms with van der Waals surface area (Å²) >= 11 is 0. The van der Waals surface area contributed by atoms with Crippen molar-refractivity contribution in [2.45, 2.75) is 18.9 Å². The van der Waals surface area contributed by atoms with E-state index < -0.39 is 11.6 Å². The zero-order valence-electron chi connectivity index (χ0n) is 10.8. The van der Waals surface area contributed by atoms with Crippen molar-refractivity contribution in [3.8, 4) is 5.75 Å². The van der Waals surface area contributed by atoms with Gasteiger partial charge >= 0.3 is 0 Å². The number of nitrogens with one attached hydrogen (secondary N) is 2. The van der Waals surface area contributed by atoms with Crippen LogP contribution in [0.25, 0.3) is 0 Å². The molecule has 0 bridgehead atoms. The van der Waals surface area contributed by atoms with E-state index >= 15 is 0 Å². The van der Waals surface area contributed by atoms with Gasteiger partial charge in [0.2, 0.25) is 0 Å². The smallest absolute Gasteiger partial charge is 0.258 e. The molecular formula is C13H17ClF2N2O2. The predicted octanol–water partition coefficient (Wildman–Crippen LogP) is 1.63. The van der Waals surface area contributed by atoms with Gasteiger partial charge in [0.05, 0.1) is 0 Å². The number of piperidine rings is 1. The number of amides is 1. The van der Waals surface area contributed by atoms with Crippen LogP contribution in [0, 0.1) is 11.6 Å². The molecule has 4 nitrogen and oxygen atoms in total.